The largest absolute Gasteiger partial charge is 0.456 e. The molecule has 0 radical (unpaired) electrons. The maximum absolute atomic E-state index is 11.4. The summed E-state index contributed by atoms with van der Waals surface area (Å²) in [7, 11) is 0. The topological polar surface area (TPSA) is 90.4 Å². The molecule has 78 heavy (non-hydrogen) atoms. The smallest absolute Gasteiger partial charge is 0.164 e. The maximum atomic E-state index is 11.4. The molecule has 8 nitrogen and oxygen atoms in total. The average molecular weight is 996 g/mol. The van der Waals surface area contributed by atoms with Gasteiger partial charge < -0.3 is 18.1 Å². The van der Waals surface area contributed by atoms with Crippen molar-refractivity contribution in [3.05, 3.63) is 254 Å². The molecule has 362 valence electrons. The second-order valence-corrected chi connectivity index (χ2v) is 19.9. The van der Waals surface area contributed by atoms with Gasteiger partial charge in [-0.2, -0.15) is 5.26 Å². The summed E-state index contributed by atoms with van der Waals surface area (Å²) in [6, 6.07) is 89.0. The van der Waals surface area contributed by atoms with Crippen molar-refractivity contribution in [3.8, 4) is 68.4 Å². The second kappa shape index (κ2) is 17.1. The molecule has 0 N–H and O–H groups in total. The van der Waals surface area contributed by atoms with Crippen molar-refractivity contribution in [2.45, 2.75) is 0 Å². The highest BCUT2D eigenvalue weighted by molar-refractivity contribution is 6.26. The molecule has 16 rings (SSSR count). The number of aromatic nitrogens is 6. The van der Waals surface area contributed by atoms with E-state index >= 15 is 0 Å². The molecule has 0 aliphatic carbocycles. The Morgan fingerprint density at radius 3 is 1.62 bits per heavy atom. The van der Waals surface area contributed by atoms with E-state index in [9.17, 15) is 5.26 Å². The number of benzene rings is 11. The minimum absolute atomic E-state index is 0.463. The van der Waals surface area contributed by atoms with Crippen LogP contribution in [-0.2, 0) is 0 Å². The van der Waals surface area contributed by atoms with E-state index in [0.29, 0.717) is 28.6 Å². The molecule has 8 heteroatoms. The Bertz CT molecular complexity index is 5170. The first-order valence-corrected chi connectivity index (χ1v) is 26.1. The Morgan fingerprint density at radius 2 is 0.859 bits per heavy atom. The molecule has 5 aromatic heterocycles. The summed E-state index contributed by atoms with van der Waals surface area (Å²) in [5.41, 5.74) is 16.0. The van der Waals surface area contributed by atoms with Gasteiger partial charge in [0.1, 0.15) is 17.2 Å². The quantitative estimate of drug-likeness (QED) is 0.159. The van der Waals surface area contributed by atoms with Crippen LogP contribution in [0.1, 0.15) is 5.56 Å². The van der Waals surface area contributed by atoms with Gasteiger partial charge in [0.05, 0.1) is 44.4 Å². The van der Waals surface area contributed by atoms with E-state index in [-0.39, 0.29) is 0 Å². The summed E-state index contributed by atoms with van der Waals surface area (Å²) >= 11 is 0. The lowest BCUT2D eigenvalue weighted by Crippen LogP contribution is -2.02. The normalized spacial score (nSPS) is 11.8. The fraction of sp³-hybridized carbons (Fsp3) is 0. The van der Waals surface area contributed by atoms with Crippen molar-refractivity contribution < 1.29 is 4.42 Å². The van der Waals surface area contributed by atoms with E-state index in [0.717, 1.165) is 127 Å². The van der Waals surface area contributed by atoms with E-state index in [2.05, 4.69) is 208 Å². The van der Waals surface area contributed by atoms with Crippen LogP contribution in [0, 0.1) is 11.3 Å². The third-order valence-electron chi connectivity index (χ3n) is 15.5. The van der Waals surface area contributed by atoms with Gasteiger partial charge in [0.15, 0.2) is 17.5 Å². The molecule has 16 aromatic rings. The minimum Gasteiger partial charge on any atom is -0.456 e. The first-order valence-electron chi connectivity index (χ1n) is 26.1. The molecule has 0 saturated heterocycles. The van der Waals surface area contributed by atoms with E-state index in [1.54, 1.807) is 0 Å². The Labute approximate surface area is 446 Å². The molecule has 5 heterocycles. The number of fused-ring (bicyclic) bond motifs is 13. The number of furan rings is 1. The highest BCUT2D eigenvalue weighted by atomic mass is 16.3. The minimum atomic E-state index is 0.463. The lowest BCUT2D eigenvalue weighted by molar-refractivity contribution is 0.669. The summed E-state index contributed by atoms with van der Waals surface area (Å²) < 4.78 is 13.2. The number of hydrogen-bond acceptors (Lipinski definition) is 5. The van der Waals surface area contributed by atoms with Crippen LogP contribution in [0.4, 0.5) is 0 Å². The monoisotopic (exact) mass is 995 g/mol. The third-order valence-corrected chi connectivity index (χ3v) is 15.5. The molecule has 0 unspecified atom stereocenters. The number of nitriles is 1. The predicted octanol–water partition coefficient (Wildman–Crippen LogP) is 17.6. The molecule has 0 bridgehead atoms. The number of para-hydroxylation sites is 5. The summed E-state index contributed by atoms with van der Waals surface area (Å²) in [6.07, 6.45) is 0. The van der Waals surface area contributed by atoms with Gasteiger partial charge in [-0.15, -0.1) is 0 Å². The van der Waals surface area contributed by atoms with Crippen LogP contribution in [-0.4, -0.2) is 28.7 Å². The van der Waals surface area contributed by atoms with Crippen LogP contribution in [0.25, 0.3) is 150 Å². The lowest BCUT2D eigenvalue weighted by Gasteiger charge is -2.14. The van der Waals surface area contributed by atoms with Crippen molar-refractivity contribution in [1.82, 2.24) is 28.7 Å². The predicted molar refractivity (Wildman–Crippen MR) is 317 cm³/mol. The highest BCUT2D eigenvalue weighted by Crippen LogP contribution is 2.44. The zero-order valence-corrected chi connectivity index (χ0v) is 41.7. The van der Waals surface area contributed by atoms with Crippen LogP contribution < -0.4 is 0 Å². The van der Waals surface area contributed by atoms with Crippen LogP contribution in [0.3, 0.4) is 0 Å². The van der Waals surface area contributed by atoms with E-state index in [1.807, 2.05) is 60.7 Å². The van der Waals surface area contributed by atoms with Crippen molar-refractivity contribution in [2.75, 3.05) is 0 Å². The van der Waals surface area contributed by atoms with Crippen molar-refractivity contribution in [2.24, 2.45) is 0 Å². The summed E-state index contributed by atoms with van der Waals surface area (Å²) in [6.45, 7) is 0. The van der Waals surface area contributed by atoms with Gasteiger partial charge in [0.25, 0.3) is 0 Å². The molecule has 0 aliphatic heterocycles. The van der Waals surface area contributed by atoms with Crippen molar-refractivity contribution in [1.29, 1.82) is 5.26 Å². The van der Waals surface area contributed by atoms with Crippen LogP contribution in [0.2, 0.25) is 0 Å². The number of rotatable bonds is 7. The lowest BCUT2D eigenvalue weighted by atomic mass is 10.0. The number of hydrogen-bond donors (Lipinski definition) is 0. The second-order valence-electron chi connectivity index (χ2n) is 19.9. The third kappa shape index (κ3) is 6.62. The first kappa shape index (κ1) is 43.5. The zero-order chi connectivity index (χ0) is 51.4. The van der Waals surface area contributed by atoms with Gasteiger partial charge >= 0.3 is 0 Å². The fourth-order valence-electron chi connectivity index (χ4n) is 12.0. The SMILES string of the molecule is N#Cc1cc(-c2nc(-c3cccc(-c4ccccc4)c3)nc(-c3ccc4c(c3)c3ccccc3n4-c3ccccc3)n2)ccc1-n1c2ccccc2c2ccc3c(c4ccccc4n3-c3ccc4oc5ccccc5c4c3)c21. The maximum Gasteiger partial charge on any atom is 0.164 e. The van der Waals surface area contributed by atoms with Gasteiger partial charge in [0, 0.05) is 71.2 Å². The van der Waals surface area contributed by atoms with Gasteiger partial charge in [-0.25, -0.2) is 15.0 Å². The molecule has 0 amide bonds. The van der Waals surface area contributed by atoms with Gasteiger partial charge in [0.2, 0.25) is 0 Å². The zero-order valence-electron chi connectivity index (χ0n) is 41.7. The van der Waals surface area contributed by atoms with E-state index in [4.69, 9.17) is 19.4 Å². The summed E-state index contributed by atoms with van der Waals surface area (Å²) in [5.74, 6) is 1.52. The van der Waals surface area contributed by atoms with Crippen LogP contribution in [0.5, 0.6) is 0 Å². The van der Waals surface area contributed by atoms with Gasteiger partial charge in [-0.3, -0.25) is 0 Å². The van der Waals surface area contributed by atoms with Crippen molar-refractivity contribution in [3.63, 3.8) is 0 Å². The summed E-state index contributed by atoms with van der Waals surface area (Å²) in [5, 5.41) is 20.1. The molecule has 0 atom stereocenters. The van der Waals surface area contributed by atoms with E-state index < -0.39 is 0 Å². The Balaban J connectivity index is 0.897. The highest BCUT2D eigenvalue weighted by Gasteiger charge is 2.24. The van der Waals surface area contributed by atoms with E-state index in [1.165, 1.54) is 0 Å². The molecule has 0 saturated carbocycles. The van der Waals surface area contributed by atoms with Gasteiger partial charge in [-0.1, -0.05) is 146 Å². The molecule has 11 aromatic carbocycles. The molecule has 0 aliphatic rings. The van der Waals surface area contributed by atoms with Crippen LogP contribution in [0.15, 0.2) is 253 Å². The Hall–Kier alpha value is -10.9. The number of nitrogens with zero attached hydrogens (tertiary/aromatic N) is 7. The molecule has 0 fully saturated rings. The molecular formula is C70H41N7O. The molecule has 0 spiro atoms. The Kier molecular flexibility index (Phi) is 9.53. The summed E-state index contributed by atoms with van der Waals surface area (Å²) in [4.78, 5) is 15.8. The first-order chi connectivity index (χ1) is 38.6. The average Bonchev–Trinajstić information content (AvgIpc) is 4.46. The van der Waals surface area contributed by atoms with Crippen molar-refractivity contribution >= 4 is 87.4 Å². The molecular weight excluding hydrogens is 955 g/mol. The Morgan fingerprint density at radius 1 is 0.321 bits per heavy atom. The standard InChI is InChI=1S/C70H41N7O/c71-42-48-39-46(69-72-68(45-19-15-18-44(38-45)43-16-3-1-4-17-43)73-70(74-69)47-31-35-62-56(40-47)52-23-8-11-26-59(52)75(62)49-20-5-2-6-21-49)30-34-58(48)77-60-27-12-7-22-51(60)54-33-36-63-66(67(54)77)55-25-9-13-28-61(55)76(63)50-32-37-65-57(41-50)53-24-10-14-29-64(53)78-65/h1-41H. The van der Waals surface area contributed by atoms with Crippen LogP contribution >= 0.6 is 0 Å². The fourth-order valence-corrected chi connectivity index (χ4v) is 12.0. The van der Waals surface area contributed by atoms with Gasteiger partial charge in [-0.05, 0) is 114 Å².